The van der Waals surface area contributed by atoms with Crippen molar-refractivity contribution in [1.82, 2.24) is 4.57 Å². The summed E-state index contributed by atoms with van der Waals surface area (Å²) in [6.45, 7) is 0.348. The van der Waals surface area contributed by atoms with E-state index < -0.39 is 16.0 Å². The van der Waals surface area contributed by atoms with Gasteiger partial charge in [0.15, 0.2) is 0 Å². The summed E-state index contributed by atoms with van der Waals surface area (Å²) in [5.41, 5.74) is 1.06. The van der Waals surface area contributed by atoms with Crippen LogP contribution in [0.3, 0.4) is 0 Å². The molecule has 7 heteroatoms. The minimum atomic E-state index is -3.87. The number of primary sulfonamides is 1. The summed E-state index contributed by atoms with van der Waals surface area (Å²) < 4.78 is 28.9. The van der Waals surface area contributed by atoms with Gasteiger partial charge in [-0.15, -0.1) is 0 Å². The van der Waals surface area contributed by atoms with Gasteiger partial charge in [0, 0.05) is 12.7 Å². The Bertz CT molecular complexity index is 720. The van der Waals surface area contributed by atoms with Crippen LogP contribution in [0.25, 0.3) is 0 Å². The molecule has 0 aliphatic rings. The van der Waals surface area contributed by atoms with E-state index in [0.29, 0.717) is 6.54 Å². The van der Waals surface area contributed by atoms with E-state index in [9.17, 15) is 13.2 Å². The molecule has 2 rings (SSSR count). The highest BCUT2D eigenvalue weighted by atomic mass is 32.2. The number of carbonyl (C=O) groups excluding carboxylic acids is 1. The molecule has 1 aromatic heterocycles. The molecule has 0 aliphatic heterocycles. The summed E-state index contributed by atoms with van der Waals surface area (Å²) in [4.78, 5) is 11.6. The smallest absolute Gasteiger partial charge is 0.354 e. The van der Waals surface area contributed by atoms with Gasteiger partial charge in [0.05, 0.1) is 7.11 Å². The third-order valence-corrected chi connectivity index (χ3v) is 3.67. The lowest BCUT2D eigenvalue weighted by Gasteiger charge is -2.07. The first-order valence-electron chi connectivity index (χ1n) is 5.77. The van der Waals surface area contributed by atoms with E-state index in [1.807, 2.05) is 30.3 Å². The van der Waals surface area contributed by atoms with E-state index in [1.54, 1.807) is 0 Å². The molecule has 0 amide bonds. The third-order valence-electron chi connectivity index (χ3n) is 2.79. The number of nitrogens with zero attached hydrogens (tertiary/aromatic N) is 1. The van der Waals surface area contributed by atoms with Crippen LogP contribution < -0.4 is 5.14 Å². The fourth-order valence-corrected chi connectivity index (χ4v) is 2.38. The Morgan fingerprint density at radius 1 is 1.30 bits per heavy atom. The lowest BCUT2D eigenvalue weighted by molar-refractivity contribution is 0.0589. The van der Waals surface area contributed by atoms with Crippen LogP contribution in [0, 0.1) is 0 Å². The van der Waals surface area contributed by atoms with Gasteiger partial charge in [0.1, 0.15) is 10.6 Å². The maximum Gasteiger partial charge on any atom is 0.354 e. The number of rotatable bonds is 4. The van der Waals surface area contributed by atoms with Crippen molar-refractivity contribution in [3.63, 3.8) is 0 Å². The molecule has 1 heterocycles. The molecule has 106 valence electrons. The van der Waals surface area contributed by atoms with Crippen LogP contribution >= 0.6 is 0 Å². The topological polar surface area (TPSA) is 91.4 Å². The predicted molar refractivity (Wildman–Crippen MR) is 72.7 cm³/mol. The zero-order chi connectivity index (χ0) is 14.8. The predicted octanol–water partition coefficient (Wildman–Crippen LogP) is 0.970. The molecule has 6 nitrogen and oxygen atoms in total. The highest BCUT2D eigenvalue weighted by Crippen LogP contribution is 2.16. The fourth-order valence-electron chi connectivity index (χ4n) is 1.83. The van der Waals surface area contributed by atoms with Crippen molar-refractivity contribution in [2.45, 2.75) is 11.4 Å². The second kappa shape index (κ2) is 5.48. The Morgan fingerprint density at radius 2 is 1.95 bits per heavy atom. The molecule has 20 heavy (non-hydrogen) atoms. The summed E-state index contributed by atoms with van der Waals surface area (Å²) in [7, 11) is -2.63. The van der Waals surface area contributed by atoms with E-state index in [2.05, 4.69) is 4.74 Å². The van der Waals surface area contributed by atoms with Crippen molar-refractivity contribution in [2.75, 3.05) is 7.11 Å². The van der Waals surface area contributed by atoms with Crippen molar-refractivity contribution in [1.29, 1.82) is 0 Å². The number of hydrogen-bond acceptors (Lipinski definition) is 4. The number of esters is 1. The summed E-state index contributed by atoms with van der Waals surface area (Å²) in [5.74, 6) is -0.615. The van der Waals surface area contributed by atoms with Crippen LogP contribution in [0.5, 0.6) is 0 Å². The lowest BCUT2D eigenvalue weighted by Crippen LogP contribution is -2.11. The van der Waals surface area contributed by atoms with Crippen LogP contribution in [0.2, 0.25) is 0 Å². The van der Waals surface area contributed by atoms with Gasteiger partial charge >= 0.3 is 5.97 Å². The molecule has 0 unspecified atom stereocenters. The molecule has 0 aliphatic carbocycles. The summed E-state index contributed by atoms with van der Waals surface area (Å²) in [6.07, 6.45) is 1.33. The number of benzene rings is 1. The number of ether oxygens (including phenoxy) is 1. The number of methoxy groups -OCH3 is 1. The number of carbonyl (C=O) groups is 1. The van der Waals surface area contributed by atoms with E-state index in [0.717, 1.165) is 5.56 Å². The van der Waals surface area contributed by atoms with Gasteiger partial charge in [-0.3, -0.25) is 0 Å². The Kier molecular flexibility index (Phi) is 3.91. The highest BCUT2D eigenvalue weighted by molar-refractivity contribution is 7.89. The Morgan fingerprint density at radius 3 is 2.50 bits per heavy atom. The van der Waals surface area contributed by atoms with Gasteiger partial charge in [0.2, 0.25) is 10.0 Å². The molecule has 0 saturated carbocycles. The highest BCUT2D eigenvalue weighted by Gasteiger charge is 2.19. The minimum absolute atomic E-state index is 0.117. The first kappa shape index (κ1) is 14.3. The van der Waals surface area contributed by atoms with Gasteiger partial charge in [-0.05, 0) is 11.6 Å². The molecular weight excluding hydrogens is 280 g/mol. The average molecular weight is 294 g/mol. The maximum absolute atomic E-state index is 11.7. The molecule has 0 spiro atoms. The molecule has 2 N–H and O–H groups in total. The molecule has 0 saturated heterocycles. The van der Waals surface area contributed by atoms with Crippen molar-refractivity contribution in [3.05, 3.63) is 53.9 Å². The first-order valence-corrected chi connectivity index (χ1v) is 7.31. The molecule has 1 aromatic carbocycles. The summed E-state index contributed by atoms with van der Waals surface area (Å²) >= 11 is 0. The maximum atomic E-state index is 11.7. The fraction of sp³-hybridized carbons (Fsp3) is 0.154. The summed E-state index contributed by atoms with van der Waals surface area (Å²) in [5, 5.41) is 5.08. The largest absolute Gasteiger partial charge is 0.464 e. The third kappa shape index (κ3) is 3.06. The monoisotopic (exact) mass is 294 g/mol. The average Bonchev–Trinajstić information content (AvgIpc) is 2.83. The Labute approximate surface area is 116 Å². The Balaban J connectivity index is 2.45. The second-order valence-electron chi connectivity index (χ2n) is 4.21. The standard InChI is InChI=1S/C13H14N2O4S/c1-19-13(16)12-7-11(20(14,17)18)9-15(12)8-10-5-3-2-4-6-10/h2-7,9H,8H2,1H3,(H2,14,17,18). The minimum Gasteiger partial charge on any atom is -0.464 e. The van der Waals surface area contributed by atoms with Crippen LogP contribution in [-0.4, -0.2) is 26.1 Å². The Hall–Kier alpha value is -2.12. The van der Waals surface area contributed by atoms with Gasteiger partial charge in [-0.25, -0.2) is 18.4 Å². The SMILES string of the molecule is COC(=O)c1cc(S(N)(=O)=O)cn1Cc1ccccc1. The van der Waals surface area contributed by atoms with Gasteiger partial charge < -0.3 is 9.30 Å². The number of nitrogens with two attached hydrogens (primary N) is 1. The van der Waals surface area contributed by atoms with Crippen molar-refractivity contribution < 1.29 is 17.9 Å². The van der Waals surface area contributed by atoms with E-state index >= 15 is 0 Å². The number of hydrogen-bond donors (Lipinski definition) is 1. The number of aromatic nitrogens is 1. The van der Waals surface area contributed by atoms with Gasteiger partial charge in [-0.2, -0.15) is 0 Å². The van der Waals surface area contributed by atoms with Gasteiger partial charge in [0.25, 0.3) is 0 Å². The van der Waals surface area contributed by atoms with E-state index in [4.69, 9.17) is 5.14 Å². The number of sulfonamides is 1. The lowest BCUT2D eigenvalue weighted by atomic mass is 10.2. The molecule has 0 radical (unpaired) electrons. The second-order valence-corrected chi connectivity index (χ2v) is 5.77. The van der Waals surface area contributed by atoms with Crippen LogP contribution in [0.1, 0.15) is 16.1 Å². The quantitative estimate of drug-likeness (QED) is 0.851. The van der Waals surface area contributed by atoms with Gasteiger partial charge in [-0.1, -0.05) is 30.3 Å². The molecule has 2 aromatic rings. The zero-order valence-corrected chi connectivity index (χ0v) is 11.6. The van der Waals surface area contributed by atoms with Crippen molar-refractivity contribution >= 4 is 16.0 Å². The molecule has 0 atom stereocenters. The van der Waals surface area contributed by atoms with Crippen molar-refractivity contribution in [3.8, 4) is 0 Å². The van der Waals surface area contributed by atoms with E-state index in [-0.39, 0.29) is 10.6 Å². The molecule has 0 bridgehead atoms. The normalized spacial score (nSPS) is 11.3. The summed E-state index contributed by atoms with van der Waals surface area (Å²) in [6, 6.07) is 10.5. The van der Waals surface area contributed by atoms with Crippen LogP contribution in [0.4, 0.5) is 0 Å². The first-order chi connectivity index (χ1) is 9.41. The zero-order valence-electron chi connectivity index (χ0n) is 10.8. The van der Waals surface area contributed by atoms with Crippen LogP contribution in [-0.2, 0) is 21.3 Å². The van der Waals surface area contributed by atoms with Crippen LogP contribution in [0.15, 0.2) is 47.5 Å². The van der Waals surface area contributed by atoms with E-state index in [1.165, 1.54) is 23.9 Å². The molecular formula is C13H14N2O4S. The molecule has 0 fully saturated rings. The van der Waals surface area contributed by atoms with Crippen molar-refractivity contribution in [2.24, 2.45) is 5.14 Å².